The number of carbonyl (C=O) groups is 1. The molecule has 1 atom stereocenters. The van der Waals surface area contributed by atoms with Crippen molar-refractivity contribution in [2.75, 3.05) is 26.2 Å². The fourth-order valence-electron chi connectivity index (χ4n) is 3.15. The minimum atomic E-state index is 0.214. The Bertz CT molecular complexity index is 369. The highest BCUT2D eigenvalue weighted by Gasteiger charge is 2.35. The van der Waals surface area contributed by atoms with Gasteiger partial charge in [-0.1, -0.05) is 5.11 Å². The van der Waals surface area contributed by atoms with Crippen LogP contribution in [0.1, 0.15) is 33.1 Å². The number of rotatable bonds is 4. The molecule has 2 saturated heterocycles. The Morgan fingerprint density at radius 2 is 2.11 bits per heavy atom. The molecule has 2 heterocycles. The van der Waals surface area contributed by atoms with Gasteiger partial charge < -0.3 is 9.80 Å². The monoisotopic (exact) mass is 265 g/mol. The van der Waals surface area contributed by atoms with Gasteiger partial charge in [0.15, 0.2) is 0 Å². The third kappa shape index (κ3) is 3.39. The van der Waals surface area contributed by atoms with Gasteiger partial charge in [-0.15, -0.1) is 0 Å². The van der Waals surface area contributed by atoms with Gasteiger partial charge in [-0.3, -0.25) is 4.79 Å². The SMILES string of the molecule is CC(C)N1CCC(N2CC(CN=[N+]=[N-])CC2=O)CC1. The fourth-order valence-corrected chi connectivity index (χ4v) is 3.15. The molecule has 6 heteroatoms. The van der Waals surface area contributed by atoms with Crippen LogP contribution in [0, 0.1) is 5.92 Å². The van der Waals surface area contributed by atoms with Gasteiger partial charge >= 0.3 is 0 Å². The first-order valence-electron chi connectivity index (χ1n) is 7.16. The first-order chi connectivity index (χ1) is 9.11. The quantitative estimate of drug-likeness (QED) is 0.443. The van der Waals surface area contributed by atoms with Gasteiger partial charge in [0.25, 0.3) is 0 Å². The maximum Gasteiger partial charge on any atom is 0.223 e. The Morgan fingerprint density at radius 3 is 2.68 bits per heavy atom. The van der Waals surface area contributed by atoms with E-state index in [-0.39, 0.29) is 11.8 Å². The standard InChI is InChI=1S/C13H23N5O/c1-10(2)17-5-3-12(4-6-17)18-9-11(7-13(18)19)8-15-16-14/h10-12H,3-9H2,1-2H3. The summed E-state index contributed by atoms with van der Waals surface area (Å²) in [7, 11) is 0. The zero-order valence-electron chi connectivity index (χ0n) is 11.8. The summed E-state index contributed by atoms with van der Waals surface area (Å²) in [5.74, 6) is 0.452. The summed E-state index contributed by atoms with van der Waals surface area (Å²) < 4.78 is 0. The maximum absolute atomic E-state index is 12.0. The first kappa shape index (κ1) is 14.2. The Labute approximate surface area is 114 Å². The Morgan fingerprint density at radius 1 is 1.42 bits per heavy atom. The van der Waals surface area contributed by atoms with E-state index < -0.39 is 0 Å². The number of amides is 1. The highest BCUT2D eigenvalue weighted by atomic mass is 16.2. The second-order valence-electron chi connectivity index (χ2n) is 5.89. The summed E-state index contributed by atoms with van der Waals surface area (Å²) in [6, 6.07) is 0.978. The van der Waals surface area contributed by atoms with Crippen LogP contribution in [-0.2, 0) is 4.79 Å². The van der Waals surface area contributed by atoms with Crippen LogP contribution in [0.5, 0.6) is 0 Å². The molecule has 0 N–H and O–H groups in total. The van der Waals surface area contributed by atoms with Crippen LogP contribution in [0.4, 0.5) is 0 Å². The van der Waals surface area contributed by atoms with E-state index in [1.165, 1.54) is 0 Å². The smallest absolute Gasteiger partial charge is 0.223 e. The topological polar surface area (TPSA) is 72.3 Å². The lowest BCUT2D eigenvalue weighted by atomic mass is 10.0. The zero-order chi connectivity index (χ0) is 13.8. The van der Waals surface area contributed by atoms with Gasteiger partial charge in [-0.25, -0.2) is 0 Å². The van der Waals surface area contributed by atoms with Gasteiger partial charge in [0.05, 0.1) is 0 Å². The van der Waals surface area contributed by atoms with Gasteiger partial charge in [-0.05, 0) is 38.1 Å². The van der Waals surface area contributed by atoms with Gasteiger partial charge in [-0.2, -0.15) is 0 Å². The molecule has 0 spiro atoms. The predicted octanol–water partition coefficient (Wildman–Crippen LogP) is 2.02. The van der Waals surface area contributed by atoms with Gasteiger partial charge in [0, 0.05) is 49.6 Å². The van der Waals surface area contributed by atoms with E-state index >= 15 is 0 Å². The molecule has 106 valence electrons. The molecule has 1 unspecified atom stereocenters. The molecule has 0 aliphatic carbocycles. The molecule has 0 aromatic rings. The van der Waals surface area contributed by atoms with Crippen molar-refractivity contribution in [1.82, 2.24) is 9.80 Å². The number of hydrogen-bond donors (Lipinski definition) is 0. The third-order valence-electron chi connectivity index (χ3n) is 4.31. The Hall–Kier alpha value is -1.26. The summed E-state index contributed by atoms with van der Waals surface area (Å²) in [5.41, 5.74) is 8.34. The molecule has 0 aromatic heterocycles. The average Bonchev–Trinajstić information content (AvgIpc) is 2.77. The number of likely N-dealkylation sites (tertiary alicyclic amines) is 2. The predicted molar refractivity (Wildman–Crippen MR) is 73.6 cm³/mol. The van der Waals surface area contributed by atoms with Crippen LogP contribution in [-0.4, -0.2) is 54.0 Å². The van der Waals surface area contributed by atoms with Crippen LogP contribution in [0.15, 0.2) is 5.11 Å². The summed E-state index contributed by atoms with van der Waals surface area (Å²) >= 11 is 0. The maximum atomic E-state index is 12.0. The van der Waals surface area contributed by atoms with Crippen LogP contribution in [0.25, 0.3) is 10.4 Å². The number of piperidine rings is 1. The van der Waals surface area contributed by atoms with Crippen molar-refractivity contribution in [2.45, 2.75) is 45.2 Å². The van der Waals surface area contributed by atoms with Crippen molar-refractivity contribution in [3.8, 4) is 0 Å². The third-order valence-corrected chi connectivity index (χ3v) is 4.31. The van der Waals surface area contributed by atoms with Crippen LogP contribution in [0.2, 0.25) is 0 Å². The zero-order valence-corrected chi connectivity index (χ0v) is 11.8. The van der Waals surface area contributed by atoms with Crippen LogP contribution in [0.3, 0.4) is 0 Å². The van der Waals surface area contributed by atoms with Crippen molar-refractivity contribution < 1.29 is 4.79 Å². The second-order valence-corrected chi connectivity index (χ2v) is 5.89. The summed E-state index contributed by atoms with van der Waals surface area (Å²) in [6.07, 6.45) is 2.68. The van der Waals surface area contributed by atoms with Crippen LogP contribution < -0.4 is 0 Å². The summed E-state index contributed by atoms with van der Waals surface area (Å²) in [4.78, 5) is 19.3. The number of carbonyl (C=O) groups excluding carboxylic acids is 1. The molecule has 0 radical (unpaired) electrons. The molecule has 0 saturated carbocycles. The first-order valence-corrected chi connectivity index (χ1v) is 7.16. The van der Waals surface area contributed by atoms with E-state index in [0.717, 1.165) is 32.5 Å². The van der Waals surface area contributed by atoms with Gasteiger partial charge in [0.2, 0.25) is 5.91 Å². The van der Waals surface area contributed by atoms with Gasteiger partial charge in [0.1, 0.15) is 0 Å². The van der Waals surface area contributed by atoms with Crippen molar-refractivity contribution in [3.63, 3.8) is 0 Å². The normalized spacial score (nSPS) is 25.9. The molecule has 2 rings (SSSR count). The highest BCUT2D eigenvalue weighted by Crippen LogP contribution is 2.26. The van der Waals surface area contributed by atoms with Crippen molar-refractivity contribution in [2.24, 2.45) is 11.0 Å². The second kappa shape index (κ2) is 6.26. The molecular weight excluding hydrogens is 242 g/mol. The minimum absolute atomic E-state index is 0.214. The number of hydrogen-bond acceptors (Lipinski definition) is 3. The van der Waals surface area contributed by atoms with E-state index in [2.05, 4.69) is 28.8 Å². The van der Waals surface area contributed by atoms with Crippen LogP contribution >= 0.6 is 0 Å². The van der Waals surface area contributed by atoms with E-state index in [1.54, 1.807) is 0 Å². The Balaban J connectivity index is 1.86. The lowest BCUT2D eigenvalue weighted by Crippen LogP contribution is -2.47. The summed E-state index contributed by atoms with van der Waals surface area (Å²) in [5, 5.41) is 3.60. The highest BCUT2D eigenvalue weighted by molar-refractivity contribution is 5.79. The van der Waals surface area contributed by atoms with E-state index in [9.17, 15) is 4.79 Å². The van der Waals surface area contributed by atoms with E-state index in [1.807, 2.05) is 4.90 Å². The molecule has 1 amide bonds. The summed E-state index contributed by atoms with van der Waals surface area (Å²) in [6.45, 7) is 7.81. The average molecular weight is 265 g/mol. The molecule has 2 fully saturated rings. The number of azide groups is 1. The molecule has 19 heavy (non-hydrogen) atoms. The largest absolute Gasteiger partial charge is 0.339 e. The lowest BCUT2D eigenvalue weighted by Gasteiger charge is -2.38. The minimum Gasteiger partial charge on any atom is -0.339 e. The molecule has 6 nitrogen and oxygen atoms in total. The van der Waals surface area contributed by atoms with Crippen molar-refractivity contribution in [1.29, 1.82) is 0 Å². The molecule has 0 aromatic carbocycles. The van der Waals surface area contributed by atoms with E-state index in [4.69, 9.17) is 5.53 Å². The molecular formula is C13H23N5O. The molecule has 2 aliphatic rings. The van der Waals surface area contributed by atoms with E-state index in [0.29, 0.717) is 25.0 Å². The lowest BCUT2D eigenvalue weighted by molar-refractivity contribution is -0.130. The van der Waals surface area contributed by atoms with Crippen molar-refractivity contribution >= 4 is 5.91 Å². The molecule has 0 bridgehead atoms. The number of nitrogens with zero attached hydrogens (tertiary/aromatic N) is 5. The molecule has 2 aliphatic heterocycles. The van der Waals surface area contributed by atoms with Crippen molar-refractivity contribution in [3.05, 3.63) is 10.4 Å². The fraction of sp³-hybridized carbons (Fsp3) is 0.923. The Kier molecular flexibility index (Phi) is 4.66.